The van der Waals surface area contributed by atoms with E-state index < -0.39 is 17.4 Å². The van der Waals surface area contributed by atoms with Gasteiger partial charge in [-0.25, -0.2) is 9.50 Å². The molecule has 0 aromatic carbocycles. The third kappa shape index (κ3) is 2.31. The molecule has 2 aromatic heterocycles. The van der Waals surface area contributed by atoms with Crippen LogP contribution in [0.1, 0.15) is 30.1 Å². The van der Waals surface area contributed by atoms with E-state index in [2.05, 4.69) is 10.3 Å². The number of alkyl halides is 3. The quantitative estimate of drug-likeness (QED) is 0.835. The van der Waals surface area contributed by atoms with Crippen LogP contribution >= 0.6 is 0 Å². The van der Waals surface area contributed by atoms with Gasteiger partial charge in [-0.3, -0.25) is 9.89 Å². The number of piperidine rings is 1. The number of hydrogen-bond acceptors (Lipinski definition) is 3. The van der Waals surface area contributed by atoms with Gasteiger partial charge in [-0.15, -0.1) is 0 Å². The van der Waals surface area contributed by atoms with Gasteiger partial charge in [0.25, 0.3) is 5.56 Å². The van der Waals surface area contributed by atoms with Crippen molar-refractivity contribution >= 4 is 5.65 Å². The Bertz CT molecular complexity index is 682. The van der Waals surface area contributed by atoms with Crippen molar-refractivity contribution in [1.82, 2.24) is 19.9 Å². The average Bonchev–Trinajstić information content (AvgIpc) is 2.84. The van der Waals surface area contributed by atoms with E-state index in [9.17, 15) is 18.0 Å². The normalized spacial score (nSPS) is 17.8. The van der Waals surface area contributed by atoms with Gasteiger partial charge in [0.05, 0.1) is 5.69 Å². The molecule has 0 atom stereocenters. The van der Waals surface area contributed by atoms with Crippen LogP contribution < -0.4 is 10.9 Å². The van der Waals surface area contributed by atoms with Crippen LogP contribution in [-0.2, 0) is 6.18 Å². The molecule has 0 bridgehead atoms. The van der Waals surface area contributed by atoms with Crippen LogP contribution in [0, 0.1) is 0 Å². The monoisotopic (exact) mass is 286 g/mol. The van der Waals surface area contributed by atoms with Gasteiger partial charge in [0.2, 0.25) is 0 Å². The molecule has 5 nitrogen and oxygen atoms in total. The van der Waals surface area contributed by atoms with Crippen molar-refractivity contribution in [2.75, 3.05) is 13.1 Å². The number of aromatic nitrogens is 3. The summed E-state index contributed by atoms with van der Waals surface area (Å²) < 4.78 is 38.7. The second kappa shape index (κ2) is 4.62. The minimum absolute atomic E-state index is 0.0124. The van der Waals surface area contributed by atoms with Gasteiger partial charge < -0.3 is 5.32 Å². The lowest BCUT2D eigenvalue weighted by Crippen LogP contribution is -2.28. The van der Waals surface area contributed by atoms with Crippen LogP contribution in [0.3, 0.4) is 0 Å². The summed E-state index contributed by atoms with van der Waals surface area (Å²) in [6.07, 6.45) is -2.85. The molecular weight excluding hydrogens is 273 g/mol. The van der Waals surface area contributed by atoms with E-state index in [1.165, 1.54) is 6.07 Å². The molecule has 108 valence electrons. The van der Waals surface area contributed by atoms with Gasteiger partial charge in [-0.2, -0.15) is 13.2 Å². The van der Waals surface area contributed by atoms with Crippen LogP contribution in [0.15, 0.2) is 16.9 Å². The molecule has 2 aromatic rings. The van der Waals surface area contributed by atoms with Crippen molar-refractivity contribution in [3.8, 4) is 0 Å². The summed E-state index contributed by atoms with van der Waals surface area (Å²) in [5.74, 6) is 0.123. The molecule has 3 heterocycles. The summed E-state index contributed by atoms with van der Waals surface area (Å²) >= 11 is 0. The molecule has 20 heavy (non-hydrogen) atoms. The molecule has 0 unspecified atom stereocenters. The molecule has 1 aliphatic heterocycles. The Hall–Kier alpha value is -1.83. The number of aromatic amines is 1. The van der Waals surface area contributed by atoms with Crippen LogP contribution in [0.4, 0.5) is 13.2 Å². The summed E-state index contributed by atoms with van der Waals surface area (Å²) in [7, 11) is 0. The molecular formula is C12H13F3N4O. The highest BCUT2D eigenvalue weighted by Gasteiger charge is 2.33. The van der Waals surface area contributed by atoms with E-state index in [1.54, 1.807) is 0 Å². The highest BCUT2D eigenvalue weighted by Crippen LogP contribution is 2.29. The minimum Gasteiger partial charge on any atom is -0.317 e. The van der Waals surface area contributed by atoms with Crippen molar-refractivity contribution in [3.05, 3.63) is 33.9 Å². The maximum Gasteiger partial charge on any atom is 0.432 e. The fourth-order valence-electron chi connectivity index (χ4n) is 2.48. The predicted octanol–water partition coefficient (Wildman–Crippen LogP) is 1.51. The lowest BCUT2D eigenvalue weighted by molar-refractivity contribution is -0.141. The highest BCUT2D eigenvalue weighted by atomic mass is 19.4. The molecule has 0 amide bonds. The lowest BCUT2D eigenvalue weighted by atomic mass is 9.94. The van der Waals surface area contributed by atoms with Crippen molar-refractivity contribution in [2.24, 2.45) is 0 Å². The Labute approximate surface area is 111 Å². The zero-order valence-electron chi connectivity index (χ0n) is 10.5. The predicted molar refractivity (Wildman–Crippen MR) is 65.7 cm³/mol. The molecule has 0 radical (unpaired) electrons. The lowest BCUT2D eigenvalue weighted by Gasteiger charge is -2.21. The number of halogens is 3. The zero-order chi connectivity index (χ0) is 14.3. The molecule has 0 aliphatic carbocycles. The maximum atomic E-state index is 12.6. The molecule has 2 N–H and O–H groups in total. The maximum absolute atomic E-state index is 12.6. The van der Waals surface area contributed by atoms with Gasteiger partial charge in [-0.1, -0.05) is 0 Å². The summed E-state index contributed by atoms with van der Waals surface area (Å²) in [6, 6.07) is 2.19. The molecule has 3 rings (SSSR count). The van der Waals surface area contributed by atoms with E-state index >= 15 is 0 Å². The molecule has 0 spiro atoms. The van der Waals surface area contributed by atoms with E-state index in [4.69, 9.17) is 0 Å². The average molecular weight is 286 g/mol. The second-order valence-corrected chi connectivity index (χ2v) is 4.90. The topological polar surface area (TPSA) is 62.2 Å². The number of H-pyrrole nitrogens is 1. The molecule has 1 saturated heterocycles. The Morgan fingerprint density at radius 2 is 1.95 bits per heavy atom. The summed E-state index contributed by atoms with van der Waals surface area (Å²) in [5, 5.41) is 5.23. The number of hydrogen-bond donors (Lipinski definition) is 2. The molecule has 1 fully saturated rings. The SMILES string of the molecule is O=c1cc(C2CCNCC2)nc2cc(C(F)(F)F)[nH]n12. The number of rotatable bonds is 1. The number of nitrogens with one attached hydrogen (secondary N) is 2. The first-order valence-corrected chi connectivity index (χ1v) is 6.36. The van der Waals surface area contributed by atoms with Gasteiger partial charge in [0.15, 0.2) is 5.65 Å². The summed E-state index contributed by atoms with van der Waals surface area (Å²) in [4.78, 5) is 16.1. The van der Waals surface area contributed by atoms with Gasteiger partial charge in [-0.05, 0) is 25.9 Å². The molecule has 8 heteroatoms. The van der Waals surface area contributed by atoms with Crippen LogP contribution in [0.2, 0.25) is 0 Å². The van der Waals surface area contributed by atoms with Crippen molar-refractivity contribution in [3.63, 3.8) is 0 Å². The van der Waals surface area contributed by atoms with Gasteiger partial charge in [0, 0.05) is 18.1 Å². The second-order valence-electron chi connectivity index (χ2n) is 4.90. The zero-order valence-corrected chi connectivity index (χ0v) is 10.5. The first kappa shape index (κ1) is 13.2. The summed E-state index contributed by atoms with van der Waals surface area (Å²) in [5.41, 5.74) is -0.897. The third-order valence-electron chi connectivity index (χ3n) is 3.53. The van der Waals surface area contributed by atoms with Gasteiger partial charge >= 0.3 is 6.18 Å². The Kier molecular flexibility index (Phi) is 3.04. The van der Waals surface area contributed by atoms with Gasteiger partial charge in [0.1, 0.15) is 5.69 Å². The molecule has 1 aliphatic rings. The number of fused-ring (bicyclic) bond motifs is 1. The van der Waals surface area contributed by atoms with E-state index in [-0.39, 0.29) is 11.6 Å². The Morgan fingerprint density at radius 3 is 2.60 bits per heavy atom. The van der Waals surface area contributed by atoms with Crippen LogP contribution in [-0.4, -0.2) is 27.7 Å². The smallest absolute Gasteiger partial charge is 0.317 e. The van der Waals surface area contributed by atoms with Crippen LogP contribution in [0.5, 0.6) is 0 Å². The number of nitrogens with zero attached hydrogens (tertiary/aromatic N) is 2. The minimum atomic E-state index is -4.52. The van der Waals surface area contributed by atoms with E-state index in [0.29, 0.717) is 5.69 Å². The Balaban J connectivity index is 2.06. The Morgan fingerprint density at radius 1 is 1.25 bits per heavy atom. The third-order valence-corrected chi connectivity index (χ3v) is 3.53. The fraction of sp³-hybridized carbons (Fsp3) is 0.500. The van der Waals surface area contributed by atoms with Crippen molar-refractivity contribution < 1.29 is 13.2 Å². The largest absolute Gasteiger partial charge is 0.432 e. The standard InChI is InChI=1S/C12H13F3N4O/c13-12(14,15)9-6-10-17-8(5-11(20)19(10)18-9)7-1-3-16-4-2-7/h5-7,16,18H,1-4H2. The van der Waals surface area contributed by atoms with E-state index in [1.807, 2.05) is 5.10 Å². The first-order valence-electron chi connectivity index (χ1n) is 6.36. The van der Waals surface area contributed by atoms with Crippen LogP contribution in [0.25, 0.3) is 5.65 Å². The van der Waals surface area contributed by atoms with Crippen molar-refractivity contribution in [1.29, 1.82) is 0 Å². The molecule has 0 saturated carbocycles. The highest BCUT2D eigenvalue weighted by molar-refractivity contribution is 5.41. The fourth-order valence-corrected chi connectivity index (χ4v) is 2.48. The summed E-state index contributed by atoms with van der Waals surface area (Å²) in [6.45, 7) is 1.65. The van der Waals surface area contributed by atoms with Crippen molar-refractivity contribution in [2.45, 2.75) is 24.9 Å². The van der Waals surface area contributed by atoms with E-state index in [0.717, 1.165) is 36.5 Å². The first-order chi connectivity index (χ1) is 9.45.